The number of ether oxygens (including phenoxy) is 1. The van der Waals surface area contributed by atoms with Crippen LogP contribution in [0.3, 0.4) is 0 Å². The molecule has 0 amide bonds. The Morgan fingerprint density at radius 2 is 2.00 bits per heavy atom. The van der Waals surface area contributed by atoms with Crippen molar-refractivity contribution in [2.24, 2.45) is 11.8 Å². The standard InChI is InChI=1S/C16H28N4O/c1-5-11-8-6-7-9-12(11)21-14-10-13(20-17)18-15(19-14)16(2,3)4/h10-12H,5-9,17H2,1-4H3,(H,18,19,20). The number of hydrazine groups is 1. The molecular formula is C16H28N4O. The lowest BCUT2D eigenvalue weighted by Crippen LogP contribution is -2.30. The Labute approximate surface area is 127 Å². The van der Waals surface area contributed by atoms with E-state index in [1.54, 1.807) is 6.07 Å². The summed E-state index contributed by atoms with van der Waals surface area (Å²) in [6, 6.07) is 1.79. The molecule has 2 rings (SSSR count). The minimum Gasteiger partial charge on any atom is -0.474 e. The van der Waals surface area contributed by atoms with Crippen molar-refractivity contribution in [1.29, 1.82) is 0 Å². The van der Waals surface area contributed by atoms with Gasteiger partial charge in [-0.15, -0.1) is 0 Å². The summed E-state index contributed by atoms with van der Waals surface area (Å²) >= 11 is 0. The molecule has 1 aliphatic carbocycles. The quantitative estimate of drug-likeness (QED) is 0.657. The van der Waals surface area contributed by atoms with E-state index in [2.05, 4.69) is 43.1 Å². The fourth-order valence-electron chi connectivity index (χ4n) is 2.85. The highest BCUT2D eigenvalue weighted by molar-refractivity contribution is 5.38. The van der Waals surface area contributed by atoms with E-state index in [4.69, 9.17) is 10.6 Å². The van der Waals surface area contributed by atoms with Gasteiger partial charge in [0, 0.05) is 11.5 Å². The maximum absolute atomic E-state index is 6.19. The third-order valence-corrected chi connectivity index (χ3v) is 4.16. The van der Waals surface area contributed by atoms with Gasteiger partial charge in [0.15, 0.2) is 0 Å². The van der Waals surface area contributed by atoms with Gasteiger partial charge in [-0.3, -0.25) is 0 Å². The molecule has 0 radical (unpaired) electrons. The molecule has 1 aromatic rings. The monoisotopic (exact) mass is 292 g/mol. The Morgan fingerprint density at radius 3 is 2.62 bits per heavy atom. The number of aromatic nitrogens is 2. The van der Waals surface area contributed by atoms with Crippen LogP contribution < -0.4 is 16.0 Å². The van der Waals surface area contributed by atoms with Crippen molar-refractivity contribution in [3.05, 3.63) is 11.9 Å². The highest BCUT2D eigenvalue weighted by Crippen LogP contribution is 2.31. The number of nitrogens with zero attached hydrogens (tertiary/aromatic N) is 2. The molecule has 5 heteroatoms. The highest BCUT2D eigenvalue weighted by Gasteiger charge is 2.27. The van der Waals surface area contributed by atoms with Crippen molar-refractivity contribution in [3.8, 4) is 5.88 Å². The molecule has 2 unspecified atom stereocenters. The zero-order valence-electron chi connectivity index (χ0n) is 13.6. The topological polar surface area (TPSA) is 73.1 Å². The molecule has 2 atom stereocenters. The van der Waals surface area contributed by atoms with E-state index in [-0.39, 0.29) is 11.5 Å². The number of nitrogens with two attached hydrogens (primary N) is 1. The van der Waals surface area contributed by atoms with E-state index in [1.165, 1.54) is 19.3 Å². The third-order valence-electron chi connectivity index (χ3n) is 4.16. The molecule has 0 spiro atoms. The van der Waals surface area contributed by atoms with Gasteiger partial charge >= 0.3 is 0 Å². The molecule has 1 aromatic heterocycles. The molecule has 118 valence electrons. The fraction of sp³-hybridized carbons (Fsp3) is 0.750. The molecule has 5 nitrogen and oxygen atoms in total. The molecule has 1 aliphatic rings. The SMILES string of the molecule is CCC1CCCCC1Oc1cc(NN)nc(C(C)(C)C)n1. The predicted molar refractivity (Wildman–Crippen MR) is 85.2 cm³/mol. The maximum Gasteiger partial charge on any atom is 0.219 e. The van der Waals surface area contributed by atoms with E-state index in [0.29, 0.717) is 17.6 Å². The second-order valence-corrected chi connectivity index (χ2v) is 6.92. The molecule has 0 aliphatic heterocycles. The Balaban J connectivity index is 2.22. The lowest BCUT2D eigenvalue weighted by atomic mass is 9.85. The zero-order valence-corrected chi connectivity index (χ0v) is 13.6. The van der Waals surface area contributed by atoms with Crippen molar-refractivity contribution in [2.75, 3.05) is 5.43 Å². The summed E-state index contributed by atoms with van der Waals surface area (Å²) in [5.74, 6) is 8.13. The number of hydrogen-bond acceptors (Lipinski definition) is 5. The summed E-state index contributed by atoms with van der Waals surface area (Å²) in [6.07, 6.45) is 6.33. The van der Waals surface area contributed by atoms with Gasteiger partial charge in [-0.2, -0.15) is 4.98 Å². The first-order valence-corrected chi connectivity index (χ1v) is 7.97. The van der Waals surface area contributed by atoms with Crippen LogP contribution in [0.15, 0.2) is 6.07 Å². The second-order valence-electron chi connectivity index (χ2n) is 6.92. The normalized spacial score (nSPS) is 22.9. The smallest absolute Gasteiger partial charge is 0.219 e. The molecule has 1 saturated carbocycles. The minimum atomic E-state index is -0.137. The van der Waals surface area contributed by atoms with Crippen LogP contribution in [0.2, 0.25) is 0 Å². The number of anilines is 1. The second kappa shape index (κ2) is 6.60. The van der Waals surface area contributed by atoms with Gasteiger partial charge < -0.3 is 10.2 Å². The van der Waals surface area contributed by atoms with Crippen molar-refractivity contribution in [1.82, 2.24) is 9.97 Å². The van der Waals surface area contributed by atoms with E-state index in [9.17, 15) is 0 Å². The van der Waals surface area contributed by atoms with Gasteiger partial charge in [-0.1, -0.05) is 34.1 Å². The summed E-state index contributed by atoms with van der Waals surface area (Å²) in [5, 5.41) is 0. The Hall–Kier alpha value is -1.36. The molecule has 3 N–H and O–H groups in total. The highest BCUT2D eigenvalue weighted by atomic mass is 16.5. The largest absolute Gasteiger partial charge is 0.474 e. The van der Waals surface area contributed by atoms with Crippen LogP contribution in [0.4, 0.5) is 5.82 Å². The van der Waals surface area contributed by atoms with Crippen molar-refractivity contribution < 1.29 is 4.74 Å². The summed E-state index contributed by atoms with van der Waals surface area (Å²) in [6.45, 7) is 8.49. The number of nitrogens with one attached hydrogen (secondary N) is 1. The van der Waals surface area contributed by atoms with Gasteiger partial charge in [-0.05, 0) is 31.6 Å². The molecule has 0 bridgehead atoms. The van der Waals surface area contributed by atoms with Crippen LogP contribution >= 0.6 is 0 Å². The summed E-state index contributed by atoms with van der Waals surface area (Å²) in [5.41, 5.74) is 2.47. The van der Waals surface area contributed by atoms with E-state index >= 15 is 0 Å². The number of nitrogen functional groups attached to an aromatic ring is 1. The van der Waals surface area contributed by atoms with Crippen molar-refractivity contribution >= 4 is 5.82 Å². The van der Waals surface area contributed by atoms with Gasteiger partial charge in [0.25, 0.3) is 0 Å². The Kier molecular flexibility index (Phi) is 5.04. The molecule has 1 fully saturated rings. The molecule has 21 heavy (non-hydrogen) atoms. The maximum atomic E-state index is 6.19. The van der Waals surface area contributed by atoms with Gasteiger partial charge in [-0.25, -0.2) is 10.8 Å². The molecule has 0 aromatic carbocycles. The van der Waals surface area contributed by atoms with Crippen LogP contribution in [0.5, 0.6) is 5.88 Å². The lowest BCUT2D eigenvalue weighted by Gasteiger charge is -2.31. The van der Waals surface area contributed by atoms with Gasteiger partial charge in [0.2, 0.25) is 5.88 Å². The van der Waals surface area contributed by atoms with Crippen molar-refractivity contribution in [2.45, 2.75) is 71.3 Å². The summed E-state index contributed by atoms with van der Waals surface area (Å²) in [4.78, 5) is 9.01. The lowest BCUT2D eigenvalue weighted by molar-refractivity contribution is 0.0853. The first-order chi connectivity index (χ1) is 9.94. The number of hydrogen-bond donors (Lipinski definition) is 2. The van der Waals surface area contributed by atoms with Crippen LogP contribution in [-0.4, -0.2) is 16.1 Å². The van der Waals surface area contributed by atoms with Gasteiger partial charge in [0.05, 0.1) is 0 Å². The van der Waals surface area contributed by atoms with E-state index < -0.39 is 0 Å². The Morgan fingerprint density at radius 1 is 1.29 bits per heavy atom. The minimum absolute atomic E-state index is 0.137. The average molecular weight is 292 g/mol. The van der Waals surface area contributed by atoms with Gasteiger partial charge in [0.1, 0.15) is 17.7 Å². The van der Waals surface area contributed by atoms with E-state index in [0.717, 1.165) is 18.7 Å². The first kappa shape index (κ1) is 16.0. The first-order valence-electron chi connectivity index (χ1n) is 7.97. The Bertz CT molecular complexity index is 470. The van der Waals surface area contributed by atoms with Crippen LogP contribution in [0, 0.1) is 5.92 Å². The molecular weight excluding hydrogens is 264 g/mol. The molecule has 1 heterocycles. The van der Waals surface area contributed by atoms with Crippen molar-refractivity contribution in [3.63, 3.8) is 0 Å². The third kappa shape index (κ3) is 4.06. The van der Waals surface area contributed by atoms with Crippen LogP contribution in [0.25, 0.3) is 0 Å². The van der Waals surface area contributed by atoms with E-state index in [1.807, 2.05) is 0 Å². The summed E-state index contributed by atoms with van der Waals surface area (Å²) < 4.78 is 6.19. The zero-order chi connectivity index (χ0) is 15.5. The average Bonchev–Trinajstić information content (AvgIpc) is 2.46. The van der Waals surface area contributed by atoms with Crippen LogP contribution in [-0.2, 0) is 5.41 Å². The predicted octanol–water partition coefficient (Wildman–Crippen LogP) is 3.41. The van der Waals surface area contributed by atoms with Crippen LogP contribution in [0.1, 0.15) is 65.6 Å². The molecule has 0 saturated heterocycles. The fourth-order valence-corrected chi connectivity index (χ4v) is 2.85. The number of rotatable bonds is 4. The summed E-state index contributed by atoms with van der Waals surface area (Å²) in [7, 11) is 0.